The summed E-state index contributed by atoms with van der Waals surface area (Å²) in [4.78, 5) is 12.1. The Morgan fingerprint density at radius 3 is 2.65 bits per heavy atom. The Balaban J connectivity index is 2.01. The van der Waals surface area contributed by atoms with Crippen LogP contribution in [0.15, 0.2) is 29.2 Å². The number of amides is 1. The highest BCUT2D eigenvalue weighted by Gasteiger charge is 2.41. The number of benzene rings is 1. The first-order valence-electron chi connectivity index (χ1n) is 8.55. The maximum absolute atomic E-state index is 13.5. The maximum Gasteiger partial charge on any atom is 0.404 e. The van der Waals surface area contributed by atoms with Gasteiger partial charge in [0.15, 0.2) is 0 Å². The van der Waals surface area contributed by atoms with E-state index in [1.165, 1.54) is 27.5 Å². The standard InChI is InChI=1S/C18H13ClF4N4O3S/c1-9(18(21,22)23)26-31(29,30)16-13-3-2-6-27(13)15(14(16)19)17(28)25-11-4-5-12(20)10(7-11)8-24/h2-5,7,9,26H,6H2,1H3,(H,25,28)/t9-/m0/s1. The summed E-state index contributed by atoms with van der Waals surface area (Å²) in [7, 11) is -4.75. The van der Waals surface area contributed by atoms with Crippen LogP contribution in [0.25, 0.3) is 6.08 Å². The van der Waals surface area contributed by atoms with Gasteiger partial charge >= 0.3 is 6.18 Å². The predicted octanol–water partition coefficient (Wildman–Crippen LogP) is 3.66. The van der Waals surface area contributed by atoms with Crippen LogP contribution in [0.3, 0.4) is 0 Å². The Kier molecular flexibility index (Phi) is 5.88. The topological polar surface area (TPSA) is 104 Å². The van der Waals surface area contributed by atoms with Gasteiger partial charge in [0.25, 0.3) is 5.91 Å². The summed E-state index contributed by atoms with van der Waals surface area (Å²) in [6.07, 6.45) is -2.01. The highest BCUT2D eigenvalue weighted by atomic mass is 35.5. The van der Waals surface area contributed by atoms with E-state index in [-0.39, 0.29) is 29.2 Å². The van der Waals surface area contributed by atoms with Gasteiger partial charge in [0.2, 0.25) is 10.0 Å². The molecule has 1 aliphatic rings. The van der Waals surface area contributed by atoms with Gasteiger partial charge in [0.1, 0.15) is 28.5 Å². The number of nitrogens with zero attached hydrogens (tertiary/aromatic N) is 2. The Morgan fingerprint density at radius 2 is 2.03 bits per heavy atom. The van der Waals surface area contributed by atoms with Gasteiger partial charge in [-0.05, 0) is 31.2 Å². The van der Waals surface area contributed by atoms with Crippen LogP contribution >= 0.6 is 11.6 Å². The minimum atomic E-state index is -4.83. The van der Waals surface area contributed by atoms with Crippen molar-refractivity contribution in [3.63, 3.8) is 0 Å². The Labute approximate surface area is 179 Å². The molecule has 7 nitrogen and oxygen atoms in total. The maximum atomic E-state index is 13.5. The largest absolute Gasteiger partial charge is 0.404 e. The number of rotatable bonds is 5. The normalized spacial score (nSPS) is 14.2. The summed E-state index contributed by atoms with van der Waals surface area (Å²) in [5.74, 6) is -1.69. The second-order valence-electron chi connectivity index (χ2n) is 6.54. The number of halogens is 5. The van der Waals surface area contributed by atoms with E-state index in [0.29, 0.717) is 6.92 Å². The number of carbonyl (C=O) groups excluding carboxylic acids is 1. The van der Waals surface area contributed by atoms with Crippen molar-refractivity contribution in [3.05, 3.63) is 52.1 Å². The number of allylic oxidation sites excluding steroid dienone is 1. The fourth-order valence-corrected chi connectivity index (χ4v) is 5.01. The number of hydrogen-bond donors (Lipinski definition) is 2. The number of fused-ring (bicyclic) bond motifs is 1. The van der Waals surface area contributed by atoms with Crippen LogP contribution in [0.5, 0.6) is 0 Å². The first kappa shape index (κ1) is 22.8. The first-order chi connectivity index (χ1) is 14.4. The summed E-state index contributed by atoms with van der Waals surface area (Å²) in [5, 5.41) is 10.7. The number of alkyl halides is 3. The fourth-order valence-electron chi connectivity index (χ4n) is 2.92. The van der Waals surface area contributed by atoms with Gasteiger partial charge in [0, 0.05) is 12.2 Å². The lowest BCUT2D eigenvalue weighted by molar-refractivity contribution is -0.147. The van der Waals surface area contributed by atoms with E-state index in [9.17, 15) is 30.8 Å². The molecule has 0 radical (unpaired) electrons. The fraction of sp³-hybridized carbons (Fsp3) is 0.222. The van der Waals surface area contributed by atoms with Crippen molar-refractivity contribution in [3.8, 4) is 6.07 Å². The van der Waals surface area contributed by atoms with Gasteiger partial charge < -0.3 is 9.88 Å². The van der Waals surface area contributed by atoms with Crippen molar-refractivity contribution < 1.29 is 30.8 Å². The molecule has 2 aromatic rings. The number of nitriles is 1. The smallest absolute Gasteiger partial charge is 0.331 e. The van der Waals surface area contributed by atoms with E-state index < -0.39 is 43.9 Å². The minimum absolute atomic E-state index is 0.0359. The first-order valence-corrected chi connectivity index (χ1v) is 10.4. The summed E-state index contributed by atoms with van der Waals surface area (Å²) in [6, 6.07) is 2.42. The molecule has 1 aliphatic heterocycles. The molecule has 0 saturated heterocycles. The Hall–Kier alpha value is -2.88. The minimum Gasteiger partial charge on any atom is -0.331 e. The summed E-state index contributed by atoms with van der Waals surface area (Å²) in [5.41, 5.74) is -0.674. The average Bonchev–Trinajstić information content (AvgIpc) is 3.21. The highest BCUT2D eigenvalue weighted by molar-refractivity contribution is 7.89. The number of nitrogens with one attached hydrogen (secondary N) is 2. The second-order valence-corrected chi connectivity index (χ2v) is 8.56. The molecular weight excluding hydrogens is 464 g/mol. The van der Waals surface area contributed by atoms with Gasteiger partial charge in [-0.2, -0.15) is 23.2 Å². The Morgan fingerprint density at radius 1 is 1.35 bits per heavy atom. The molecule has 1 aromatic heterocycles. The van der Waals surface area contributed by atoms with E-state index in [2.05, 4.69) is 5.32 Å². The zero-order valence-electron chi connectivity index (χ0n) is 15.6. The number of sulfonamides is 1. The molecule has 0 saturated carbocycles. The molecule has 0 unspecified atom stereocenters. The van der Waals surface area contributed by atoms with Gasteiger partial charge in [0.05, 0.1) is 16.3 Å². The average molecular weight is 477 g/mol. The van der Waals surface area contributed by atoms with Crippen LogP contribution in [-0.2, 0) is 16.6 Å². The lowest BCUT2D eigenvalue weighted by Crippen LogP contribution is -2.43. The highest BCUT2D eigenvalue weighted by Crippen LogP contribution is 2.36. The van der Waals surface area contributed by atoms with Crippen LogP contribution in [0.2, 0.25) is 5.02 Å². The molecule has 0 fully saturated rings. The molecule has 0 bridgehead atoms. The molecule has 2 heterocycles. The molecule has 164 valence electrons. The lowest BCUT2D eigenvalue weighted by Gasteiger charge is -2.17. The number of anilines is 1. The SMILES string of the molecule is C[C@H](NS(=O)(=O)c1c(Cl)c(C(=O)Nc2ccc(F)c(C#N)c2)n2c1C=CC2)C(F)(F)F. The van der Waals surface area contributed by atoms with E-state index in [1.807, 2.05) is 0 Å². The van der Waals surface area contributed by atoms with E-state index in [1.54, 1.807) is 6.07 Å². The second kappa shape index (κ2) is 7.99. The third-order valence-corrected chi connectivity index (χ3v) is 6.51. The van der Waals surface area contributed by atoms with Crippen LogP contribution in [0.4, 0.5) is 23.2 Å². The predicted molar refractivity (Wildman–Crippen MR) is 103 cm³/mol. The molecule has 0 spiro atoms. The molecule has 13 heteroatoms. The molecule has 31 heavy (non-hydrogen) atoms. The molecule has 1 aromatic carbocycles. The van der Waals surface area contributed by atoms with Crippen molar-refractivity contribution in [2.45, 2.75) is 30.6 Å². The molecular formula is C18H13ClF4N4O3S. The van der Waals surface area contributed by atoms with Crippen LogP contribution in [0.1, 0.15) is 28.7 Å². The third kappa shape index (κ3) is 4.30. The molecule has 1 amide bonds. The number of hydrogen-bond acceptors (Lipinski definition) is 4. The zero-order chi connectivity index (χ0) is 23.1. The van der Waals surface area contributed by atoms with Gasteiger partial charge in [-0.1, -0.05) is 17.7 Å². The molecule has 0 aliphatic carbocycles. The summed E-state index contributed by atoms with van der Waals surface area (Å²) < 4.78 is 80.0. The van der Waals surface area contributed by atoms with Gasteiger partial charge in [-0.3, -0.25) is 4.79 Å². The zero-order valence-corrected chi connectivity index (χ0v) is 17.2. The van der Waals surface area contributed by atoms with Crippen LogP contribution in [0, 0.1) is 17.1 Å². The lowest BCUT2D eigenvalue weighted by atomic mass is 10.2. The number of carbonyl (C=O) groups is 1. The van der Waals surface area contributed by atoms with Crippen molar-refractivity contribution in [2.24, 2.45) is 0 Å². The monoisotopic (exact) mass is 476 g/mol. The molecule has 2 N–H and O–H groups in total. The molecule has 1 atom stereocenters. The summed E-state index contributed by atoms with van der Waals surface area (Å²) >= 11 is 6.15. The van der Waals surface area contributed by atoms with Crippen molar-refractivity contribution in [2.75, 3.05) is 5.32 Å². The molecule has 3 rings (SSSR count). The quantitative estimate of drug-likeness (QED) is 0.643. The van der Waals surface area contributed by atoms with Crippen LogP contribution < -0.4 is 10.0 Å². The third-order valence-electron chi connectivity index (χ3n) is 4.42. The van der Waals surface area contributed by atoms with E-state index in [0.717, 1.165) is 12.1 Å². The van der Waals surface area contributed by atoms with Gasteiger partial charge in [-0.15, -0.1) is 0 Å². The van der Waals surface area contributed by atoms with E-state index >= 15 is 0 Å². The summed E-state index contributed by atoms with van der Waals surface area (Å²) in [6.45, 7) is 0.682. The van der Waals surface area contributed by atoms with Crippen LogP contribution in [-0.4, -0.2) is 31.1 Å². The van der Waals surface area contributed by atoms with Gasteiger partial charge in [-0.25, -0.2) is 12.8 Å². The number of aromatic nitrogens is 1. The van der Waals surface area contributed by atoms with Crippen molar-refractivity contribution in [1.82, 2.24) is 9.29 Å². The Bertz CT molecular complexity index is 1250. The van der Waals surface area contributed by atoms with Crippen molar-refractivity contribution >= 4 is 39.3 Å². The van der Waals surface area contributed by atoms with Crippen molar-refractivity contribution in [1.29, 1.82) is 5.26 Å². The van der Waals surface area contributed by atoms with E-state index in [4.69, 9.17) is 16.9 Å².